The first-order chi connectivity index (χ1) is 19.8. The van der Waals surface area contributed by atoms with E-state index in [-0.39, 0.29) is 34.1 Å². The maximum atomic E-state index is 13.9. The van der Waals surface area contributed by atoms with Crippen LogP contribution in [0, 0.1) is 0 Å². The van der Waals surface area contributed by atoms with Gasteiger partial charge in [-0.2, -0.15) is 0 Å². The summed E-state index contributed by atoms with van der Waals surface area (Å²) < 4.78 is 37.5. The van der Waals surface area contributed by atoms with Crippen LogP contribution in [-0.2, 0) is 45.6 Å². The number of likely N-dealkylation sites (tertiary alicyclic amines) is 1. The maximum absolute atomic E-state index is 13.9. The summed E-state index contributed by atoms with van der Waals surface area (Å²) in [5.41, 5.74) is 4.02. The Morgan fingerprint density at radius 2 is 1.76 bits per heavy atom. The molecule has 6 rings (SSSR count). The van der Waals surface area contributed by atoms with Gasteiger partial charge in [-0.15, -0.1) is 0 Å². The predicted molar refractivity (Wildman–Crippen MR) is 160 cm³/mol. The lowest BCUT2D eigenvalue weighted by atomic mass is 9.98. The summed E-state index contributed by atoms with van der Waals surface area (Å²) >= 11 is 12.2. The van der Waals surface area contributed by atoms with Gasteiger partial charge in [0, 0.05) is 31.0 Å². The van der Waals surface area contributed by atoms with E-state index in [1.54, 1.807) is 0 Å². The van der Waals surface area contributed by atoms with Gasteiger partial charge in [-0.25, -0.2) is 8.42 Å². The van der Waals surface area contributed by atoms with Crippen LogP contribution in [0.3, 0.4) is 0 Å². The molecule has 2 aromatic carbocycles. The molecular formula is C30H34Cl2N4O4S. The number of hydrogen-bond donors (Lipinski definition) is 0. The largest absolute Gasteiger partial charge is 0.369 e. The molecule has 0 saturated carbocycles. The van der Waals surface area contributed by atoms with Gasteiger partial charge in [-0.1, -0.05) is 41.4 Å². The Bertz CT molecular complexity index is 1540. The molecule has 0 radical (unpaired) electrons. The first-order valence-electron chi connectivity index (χ1n) is 14.1. The zero-order valence-corrected chi connectivity index (χ0v) is 25.2. The Morgan fingerprint density at radius 3 is 2.56 bits per heavy atom. The number of hydrogen-bond acceptors (Lipinski definition) is 5. The van der Waals surface area contributed by atoms with Crippen LogP contribution in [0.1, 0.15) is 36.2 Å². The van der Waals surface area contributed by atoms with Crippen LogP contribution in [0.2, 0.25) is 10.0 Å². The first kappa shape index (κ1) is 28.6. The molecule has 1 atom stereocenters. The number of anilines is 1. The lowest BCUT2D eigenvalue weighted by Gasteiger charge is -2.38. The number of aromatic nitrogens is 1. The van der Waals surface area contributed by atoms with Crippen LogP contribution in [0.4, 0.5) is 5.69 Å². The zero-order valence-electron chi connectivity index (χ0n) is 22.8. The number of nitrogens with zero attached hydrogens (tertiary/aromatic N) is 4. The summed E-state index contributed by atoms with van der Waals surface area (Å²) in [6, 6.07) is 15.6. The maximum Gasteiger partial charge on any atom is 0.264 e. The molecule has 0 spiro atoms. The molecule has 1 amide bonds. The minimum absolute atomic E-state index is 0.0603. The van der Waals surface area contributed by atoms with Gasteiger partial charge in [0.15, 0.2) is 0 Å². The van der Waals surface area contributed by atoms with Crippen molar-refractivity contribution >= 4 is 44.8 Å². The monoisotopic (exact) mass is 616 g/mol. The Hall–Kier alpha value is -2.56. The second-order valence-electron chi connectivity index (χ2n) is 11.0. The zero-order chi connectivity index (χ0) is 28.6. The van der Waals surface area contributed by atoms with E-state index in [0.29, 0.717) is 31.6 Å². The number of amides is 1. The number of fused-ring (bicyclic) bond motifs is 2. The number of para-hydroxylation sites is 1. The third-order valence-electron chi connectivity index (χ3n) is 8.34. The molecule has 3 aliphatic heterocycles. The SMILES string of the molecule is O=C(COCC1CCc2ccccc2N1S(=O)(=O)c1ccc(Cl)c(Cl)c1)N1CCn2c(CN3CCCC3)ccc2C1. The topological polar surface area (TPSA) is 75.1 Å². The molecule has 0 aliphatic carbocycles. The molecule has 3 aliphatic rings. The molecule has 1 unspecified atom stereocenters. The van der Waals surface area contributed by atoms with Crippen molar-refractivity contribution in [3.63, 3.8) is 0 Å². The summed E-state index contributed by atoms with van der Waals surface area (Å²) in [5, 5.41) is 0.461. The minimum atomic E-state index is -3.97. The summed E-state index contributed by atoms with van der Waals surface area (Å²) in [7, 11) is -3.97. The van der Waals surface area contributed by atoms with E-state index in [1.165, 1.54) is 41.0 Å². The van der Waals surface area contributed by atoms with Crippen molar-refractivity contribution in [3.8, 4) is 0 Å². The van der Waals surface area contributed by atoms with Crippen LogP contribution >= 0.6 is 23.2 Å². The summed E-state index contributed by atoms with van der Waals surface area (Å²) in [5.74, 6) is -0.0892. The van der Waals surface area contributed by atoms with Gasteiger partial charge in [0.2, 0.25) is 5.91 Å². The molecule has 0 bridgehead atoms. The van der Waals surface area contributed by atoms with Crippen molar-refractivity contribution in [3.05, 3.63) is 81.6 Å². The fourth-order valence-electron chi connectivity index (χ4n) is 6.17. The van der Waals surface area contributed by atoms with Crippen molar-refractivity contribution in [2.75, 3.05) is 37.2 Å². The molecule has 4 heterocycles. The van der Waals surface area contributed by atoms with Gasteiger partial charge in [0.05, 0.1) is 39.8 Å². The van der Waals surface area contributed by atoms with E-state index < -0.39 is 16.1 Å². The number of carbonyl (C=O) groups excluding carboxylic acids is 1. The minimum Gasteiger partial charge on any atom is -0.369 e. The second kappa shape index (κ2) is 12.0. The summed E-state index contributed by atoms with van der Waals surface area (Å²) in [4.78, 5) is 17.5. The van der Waals surface area contributed by atoms with Gasteiger partial charge in [0.1, 0.15) is 6.61 Å². The number of rotatable bonds is 8. The van der Waals surface area contributed by atoms with Crippen molar-refractivity contribution in [2.45, 2.75) is 56.3 Å². The standard InChI is InChI=1S/C30H34Cl2N4O4S/c31-27-12-11-26(17-28(27)32)41(38,39)36-25(8-7-22-5-1-2-6-29(22)36)20-40-21-30(37)34-15-16-35-23(9-10-24(35)19-34)18-33-13-3-4-14-33/h1-2,5-6,9-12,17,25H,3-4,7-8,13-16,18-21H2. The van der Waals surface area contributed by atoms with E-state index in [0.717, 1.165) is 37.4 Å². The molecular weight excluding hydrogens is 583 g/mol. The Morgan fingerprint density at radius 1 is 0.951 bits per heavy atom. The van der Waals surface area contributed by atoms with Crippen molar-refractivity contribution < 1.29 is 17.9 Å². The molecule has 0 N–H and O–H groups in total. The van der Waals surface area contributed by atoms with Crippen LogP contribution in [0.5, 0.6) is 0 Å². The van der Waals surface area contributed by atoms with Gasteiger partial charge >= 0.3 is 0 Å². The van der Waals surface area contributed by atoms with Gasteiger partial charge in [-0.3, -0.25) is 14.0 Å². The molecule has 1 fully saturated rings. The van der Waals surface area contributed by atoms with Crippen LogP contribution < -0.4 is 4.31 Å². The molecule has 11 heteroatoms. The van der Waals surface area contributed by atoms with Gasteiger partial charge in [0.25, 0.3) is 10.0 Å². The number of benzene rings is 2. The van der Waals surface area contributed by atoms with Crippen LogP contribution in [-0.4, -0.2) is 67.6 Å². The molecule has 41 heavy (non-hydrogen) atoms. The average Bonchev–Trinajstić information content (AvgIpc) is 3.64. The highest BCUT2D eigenvalue weighted by Crippen LogP contribution is 2.37. The first-order valence-corrected chi connectivity index (χ1v) is 16.3. The van der Waals surface area contributed by atoms with Crippen molar-refractivity contribution in [2.24, 2.45) is 0 Å². The molecule has 1 saturated heterocycles. The quantitative estimate of drug-likeness (QED) is 0.358. The molecule has 8 nitrogen and oxygen atoms in total. The number of ether oxygens (including phenoxy) is 1. The fraction of sp³-hybridized carbons (Fsp3) is 0.433. The van der Waals surface area contributed by atoms with E-state index in [2.05, 4.69) is 21.6 Å². The third-order valence-corrected chi connectivity index (χ3v) is 10.9. The Balaban J connectivity index is 1.12. The van der Waals surface area contributed by atoms with E-state index in [1.807, 2.05) is 29.2 Å². The Labute approximate surface area is 251 Å². The summed E-state index contributed by atoms with van der Waals surface area (Å²) in [6.07, 6.45) is 3.82. The lowest BCUT2D eigenvalue weighted by molar-refractivity contribution is -0.137. The third kappa shape index (κ3) is 5.88. The highest BCUT2D eigenvalue weighted by Gasteiger charge is 2.36. The van der Waals surface area contributed by atoms with Gasteiger partial charge < -0.3 is 14.2 Å². The molecule has 3 aromatic rings. The van der Waals surface area contributed by atoms with E-state index in [9.17, 15) is 13.2 Å². The molecule has 218 valence electrons. The number of carbonyl (C=O) groups is 1. The Kier molecular flexibility index (Phi) is 8.34. The smallest absolute Gasteiger partial charge is 0.264 e. The van der Waals surface area contributed by atoms with Gasteiger partial charge in [-0.05, 0) is 80.7 Å². The number of halogens is 2. The number of sulfonamides is 1. The predicted octanol–water partition coefficient (Wildman–Crippen LogP) is 4.96. The summed E-state index contributed by atoms with van der Waals surface area (Å²) in [6.45, 7) is 5.23. The highest BCUT2D eigenvalue weighted by molar-refractivity contribution is 7.92. The number of aryl methyl sites for hydroxylation is 1. The fourth-order valence-corrected chi connectivity index (χ4v) is 8.27. The van der Waals surface area contributed by atoms with E-state index in [4.69, 9.17) is 27.9 Å². The van der Waals surface area contributed by atoms with E-state index >= 15 is 0 Å². The lowest BCUT2D eigenvalue weighted by Crippen LogP contribution is -2.47. The van der Waals surface area contributed by atoms with Crippen molar-refractivity contribution in [1.82, 2.24) is 14.4 Å². The normalized spacial score (nSPS) is 19.3. The average molecular weight is 618 g/mol. The van der Waals surface area contributed by atoms with Crippen LogP contribution in [0.15, 0.2) is 59.5 Å². The van der Waals surface area contributed by atoms with Crippen molar-refractivity contribution in [1.29, 1.82) is 0 Å². The highest BCUT2D eigenvalue weighted by atomic mass is 35.5. The van der Waals surface area contributed by atoms with Crippen LogP contribution in [0.25, 0.3) is 0 Å². The molecule has 1 aromatic heterocycles. The second-order valence-corrected chi connectivity index (χ2v) is 13.6.